The van der Waals surface area contributed by atoms with Gasteiger partial charge in [-0.15, -0.1) is 0 Å². The zero-order valence-corrected chi connectivity index (χ0v) is 10.7. The van der Waals surface area contributed by atoms with Crippen molar-refractivity contribution in [1.82, 2.24) is 5.32 Å². The van der Waals surface area contributed by atoms with Crippen LogP contribution in [0.25, 0.3) is 0 Å². The molecule has 0 spiro atoms. The molecule has 0 unspecified atom stereocenters. The normalized spacial score (nSPS) is 17.0. The molecule has 0 saturated heterocycles. The largest absolute Gasteiger partial charge is 0.444 e. The maximum Gasteiger partial charge on any atom is 0.407 e. The standard InChI is InChI=1S/C11H21NO2S/c1-11(2,3)14-10(13)12-7-8-15-9-5-4-6-9/h9H,4-8H2,1-3H3,(H,12,13). The van der Waals surface area contributed by atoms with E-state index in [0.29, 0.717) is 6.54 Å². The van der Waals surface area contributed by atoms with E-state index in [1.165, 1.54) is 19.3 Å². The fourth-order valence-corrected chi connectivity index (χ4v) is 2.45. The lowest BCUT2D eigenvalue weighted by Gasteiger charge is -2.24. The van der Waals surface area contributed by atoms with Crippen LogP contribution in [0.15, 0.2) is 0 Å². The first kappa shape index (κ1) is 12.7. The third kappa shape index (κ3) is 5.92. The van der Waals surface area contributed by atoms with E-state index >= 15 is 0 Å². The summed E-state index contributed by atoms with van der Waals surface area (Å²) in [6.07, 6.45) is 3.75. The van der Waals surface area contributed by atoms with Gasteiger partial charge in [0, 0.05) is 17.5 Å². The zero-order valence-electron chi connectivity index (χ0n) is 9.84. The highest BCUT2D eigenvalue weighted by Gasteiger charge is 2.18. The van der Waals surface area contributed by atoms with Crippen LogP contribution in [0, 0.1) is 0 Å². The Hall–Kier alpha value is -0.380. The summed E-state index contributed by atoms with van der Waals surface area (Å²) in [7, 11) is 0. The van der Waals surface area contributed by atoms with Gasteiger partial charge in [-0.1, -0.05) is 6.42 Å². The predicted octanol–water partition coefficient (Wildman–Crippen LogP) is 2.80. The second-order valence-corrected chi connectivity index (χ2v) is 6.26. The summed E-state index contributed by atoms with van der Waals surface area (Å²) in [4.78, 5) is 11.2. The van der Waals surface area contributed by atoms with Crippen molar-refractivity contribution < 1.29 is 9.53 Å². The molecule has 15 heavy (non-hydrogen) atoms. The topological polar surface area (TPSA) is 38.3 Å². The van der Waals surface area contributed by atoms with Gasteiger partial charge in [0.15, 0.2) is 0 Å². The molecule has 4 heteroatoms. The Morgan fingerprint density at radius 3 is 2.60 bits per heavy atom. The molecule has 1 N–H and O–H groups in total. The molecule has 1 aliphatic carbocycles. The van der Waals surface area contributed by atoms with E-state index in [0.717, 1.165) is 11.0 Å². The second kappa shape index (κ2) is 5.64. The average Bonchev–Trinajstić information content (AvgIpc) is 1.96. The monoisotopic (exact) mass is 231 g/mol. The number of amides is 1. The maximum atomic E-state index is 11.2. The molecule has 0 aromatic rings. The molecule has 1 amide bonds. The van der Waals surface area contributed by atoms with Gasteiger partial charge in [-0.25, -0.2) is 4.79 Å². The average molecular weight is 231 g/mol. The van der Waals surface area contributed by atoms with E-state index in [1.807, 2.05) is 32.5 Å². The lowest BCUT2D eigenvalue weighted by atomic mass is 10.0. The molecule has 88 valence electrons. The van der Waals surface area contributed by atoms with E-state index in [9.17, 15) is 4.79 Å². The van der Waals surface area contributed by atoms with Gasteiger partial charge in [0.1, 0.15) is 5.60 Å². The Morgan fingerprint density at radius 1 is 1.47 bits per heavy atom. The van der Waals surface area contributed by atoms with Crippen LogP contribution in [0.3, 0.4) is 0 Å². The minimum Gasteiger partial charge on any atom is -0.444 e. The Morgan fingerprint density at radius 2 is 2.13 bits per heavy atom. The van der Waals surface area contributed by atoms with Gasteiger partial charge in [0.05, 0.1) is 0 Å². The predicted molar refractivity (Wildman–Crippen MR) is 64.3 cm³/mol. The molecule has 0 aromatic carbocycles. The van der Waals surface area contributed by atoms with Crippen molar-refractivity contribution in [2.45, 2.75) is 50.9 Å². The van der Waals surface area contributed by atoms with E-state index in [-0.39, 0.29) is 6.09 Å². The van der Waals surface area contributed by atoms with Gasteiger partial charge in [0.25, 0.3) is 0 Å². The third-order valence-electron chi connectivity index (χ3n) is 2.18. The van der Waals surface area contributed by atoms with Gasteiger partial charge >= 0.3 is 6.09 Å². The van der Waals surface area contributed by atoms with Crippen molar-refractivity contribution in [1.29, 1.82) is 0 Å². The number of hydrogen-bond acceptors (Lipinski definition) is 3. The van der Waals surface area contributed by atoms with Crippen LogP contribution >= 0.6 is 11.8 Å². The number of carbonyl (C=O) groups is 1. The van der Waals surface area contributed by atoms with Crippen LogP contribution in [0.1, 0.15) is 40.0 Å². The number of thioether (sulfide) groups is 1. The van der Waals surface area contributed by atoms with Gasteiger partial charge in [-0.2, -0.15) is 11.8 Å². The Bertz CT molecular complexity index is 209. The molecule has 0 atom stereocenters. The first-order valence-electron chi connectivity index (χ1n) is 5.56. The minimum atomic E-state index is -0.398. The zero-order chi connectivity index (χ0) is 11.3. The summed E-state index contributed by atoms with van der Waals surface area (Å²) < 4.78 is 5.13. The molecule has 1 fully saturated rings. The molecular weight excluding hydrogens is 210 g/mol. The Kier molecular flexibility index (Phi) is 4.77. The van der Waals surface area contributed by atoms with E-state index in [1.54, 1.807) is 0 Å². The first-order valence-corrected chi connectivity index (χ1v) is 6.61. The van der Waals surface area contributed by atoms with E-state index in [4.69, 9.17) is 4.74 Å². The number of alkyl carbamates (subject to hydrolysis) is 1. The minimum absolute atomic E-state index is 0.309. The van der Waals surface area contributed by atoms with Crippen molar-refractivity contribution in [3.8, 4) is 0 Å². The molecule has 0 aromatic heterocycles. The number of rotatable bonds is 4. The highest BCUT2D eigenvalue weighted by atomic mass is 32.2. The van der Waals surface area contributed by atoms with E-state index < -0.39 is 5.60 Å². The van der Waals surface area contributed by atoms with Crippen molar-refractivity contribution >= 4 is 17.9 Å². The Labute approximate surface area is 96.3 Å². The van der Waals surface area contributed by atoms with Gasteiger partial charge in [-0.05, 0) is 33.6 Å². The van der Waals surface area contributed by atoms with Crippen molar-refractivity contribution in [2.75, 3.05) is 12.3 Å². The van der Waals surface area contributed by atoms with Crippen molar-refractivity contribution in [2.24, 2.45) is 0 Å². The van der Waals surface area contributed by atoms with Gasteiger partial charge in [-0.3, -0.25) is 0 Å². The molecule has 0 bridgehead atoms. The maximum absolute atomic E-state index is 11.2. The molecule has 3 nitrogen and oxygen atoms in total. The van der Waals surface area contributed by atoms with Crippen LogP contribution in [0.2, 0.25) is 0 Å². The number of carbonyl (C=O) groups excluding carboxylic acids is 1. The van der Waals surface area contributed by atoms with Gasteiger partial charge in [0.2, 0.25) is 0 Å². The second-order valence-electron chi connectivity index (χ2n) is 4.85. The number of ether oxygens (including phenoxy) is 1. The fraction of sp³-hybridized carbons (Fsp3) is 0.909. The summed E-state index contributed by atoms with van der Waals surface area (Å²) in [5, 5.41) is 3.60. The van der Waals surface area contributed by atoms with Crippen molar-refractivity contribution in [3.63, 3.8) is 0 Å². The quantitative estimate of drug-likeness (QED) is 0.756. The first-order chi connectivity index (χ1) is 6.97. The summed E-state index contributed by atoms with van der Waals surface area (Å²) in [6.45, 7) is 6.32. The fourth-order valence-electron chi connectivity index (χ4n) is 1.23. The van der Waals surface area contributed by atoms with Gasteiger partial charge < -0.3 is 10.1 Å². The summed E-state index contributed by atoms with van der Waals surface area (Å²) >= 11 is 1.95. The highest BCUT2D eigenvalue weighted by molar-refractivity contribution is 7.99. The molecule has 1 saturated carbocycles. The summed E-state index contributed by atoms with van der Waals surface area (Å²) in [5.41, 5.74) is -0.398. The van der Waals surface area contributed by atoms with Crippen molar-refractivity contribution in [3.05, 3.63) is 0 Å². The van der Waals surface area contributed by atoms with Crippen LogP contribution < -0.4 is 5.32 Å². The lowest BCUT2D eigenvalue weighted by molar-refractivity contribution is 0.0531. The Balaban J connectivity index is 1.96. The number of nitrogens with one attached hydrogen (secondary N) is 1. The van der Waals surface area contributed by atoms with Crippen LogP contribution in [0.5, 0.6) is 0 Å². The lowest BCUT2D eigenvalue weighted by Crippen LogP contribution is -2.34. The summed E-state index contributed by atoms with van der Waals surface area (Å²) in [5.74, 6) is 0.990. The van der Waals surface area contributed by atoms with Crippen LogP contribution in [0.4, 0.5) is 4.79 Å². The third-order valence-corrected chi connectivity index (χ3v) is 3.56. The summed E-state index contributed by atoms with van der Waals surface area (Å²) in [6, 6.07) is 0. The molecular formula is C11H21NO2S. The SMILES string of the molecule is CC(C)(C)OC(=O)NCCSC1CCC1. The van der Waals surface area contributed by atoms with Crippen LogP contribution in [-0.4, -0.2) is 29.2 Å². The number of hydrogen-bond donors (Lipinski definition) is 1. The smallest absolute Gasteiger partial charge is 0.407 e. The van der Waals surface area contributed by atoms with Crippen LogP contribution in [-0.2, 0) is 4.74 Å². The highest BCUT2D eigenvalue weighted by Crippen LogP contribution is 2.30. The molecule has 1 aliphatic rings. The molecule has 0 aliphatic heterocycles. The molecule has 1 rings (SSSR count). The van der Waals surface area contributed by atoms with E-state index in [2.05, 4.69) is 5.32 Å². The molecule has 0 heterocycles. The molecule has 0 radical (unpaired) electrons.